The lowest BCUT2D eigenvalue weighted by Crippen LogP contribution is -2.09. The van der Waals surface area contributed by atoms with Gasteiger partial charge in [-0.15, -0.1) is 0 Å². The number of hydrogen-bond donors (Lipinski definition) is 0. The molecule has 0 bridgehead atoms. The summed E-state index contributed by atoms with van der Waals surface area (Å²) in [5, 5.41) is 34.0. The molecule has 0 aromatic heterocycles. The topological polar surface area (TPSA) is 112 Å². The Labute approximate surface area is 80.7 Å². The first kappa shape index (κ1) is 11.4. The van der Waals surface area contributed by atoms with E-state index < -0.39 is 17.3 Å². The first-order valence-electron chi connectivity index (χ1n) is 3.46. The second-order valence-corrected chi connectivity index (χ2v) is 2.26. The number of Topliss-reactive ketones (excluding diaryl/α,β-unsaturated/α-hetero) is 1. The third-order valence-electron chi connectivity index (χ3n) is 1.42. The molecule has 0 saturated heterocycles. The molecule has 0 aliphatic carbocycles. The van der Waals surface area contributed by atoms with Crippen LogP contribution in [0.5, 0.6) is 0 Å². The van der Waals surface area contributed by atoms with Crippen LogP contribution in [-0.4, -0.2) is 5.78 Å². The first-order valence-corrected chi connectivity index (χ1v) is 3.46. The quantitative estimate of drug-likeness (QED) is 0.460. The van der Waals surface area contributed by atoms with E-state index in [0.717, 1.165) is 6.92 Å². The van der Waals surface area contributed by atoms with Gasteiger partial charge >= 0.3 is 0 Å². The molecule has 0 fully saturated rings. The fourth-order valence-corrected chi connectivity index (χ4v) is 0.827. The van der Waals surface area contributed by atoms with Crippen molar-refractivity contribution in [1.29, 1.82) is 21.0 Å². The molecule has 0 unspecified atom stereocenters. The van der Waals surface area contributed by atoms with Crippen LogP contribution >= 0.6 is 0 Å². The maximum absolute atomic E-state index is 11.0. The minimum Gasteiger partial charge on any atom is -0.295 e. The molecule has 0 aromatic carbocycles. The SMILES string of the molecule is CC(=O)C(=C(C#N)C#N)C(C#N)C#N. The van der Waals surface area contributed by atoms with Crippen LogP contribution in [0.3, 0.4) is 0 Å². The van der Waals surface area contributed by atoms with E-state index >= 15 is 0 Å². The zero-order chi connectivity index (χ0) is 11.1. The second-order valence-electron chi connectivity index (χ2n) is 2.26. The number of nitriles is 4. The van der Waals surface area contributed by atoms with Gasteiger partial charge < -0.3 is 0 Å². The van der Waals surface area contributed by atoms with Crippen LogP contribution in [0.4, 0.5) is 0 Å². The van der Waals surface area contributed by atoms with Crippen molar-refractivity contribution >= 4 is 5.78 Å². The lowest BCUT2D eigenvalue weighted by molar-refractivity contribution is -0.113. The molecular weight excluding hydrogens is 180 g/mol. The first-order chi connectivity index (χ1) is 6.62. The van der Waals surface area contributed by atoms with Gasteiger partial charge in [0.05, 0.1) is 17.7 Å². The third kappa shape index (κ3) is 2.18. The van der Waals surface area contributed by atoms with Crippen LogP contribution in [0.2, 0.25) is 0 Å². The summed E-state index contributed by atoms with van der Waals surface area (Å²) in [5.74, 6) is -1.97. The van der Waals surface area contributed by atoms with Gasteiger partial charge in [0.25, 0.3) is 0 Å². The van der Waals surface area contributed by atoms with Gasteiger partial charge in [-0.3, -0.25) is 4.79 Å². The normalized spacial score (nSPS) is 7.57. The summed E-state index contributed by atoms with van der Waals surface area (Å²) in [4.78, 5) is 11.0. The van der Waals surface area contributed by atoms with Crippen molar-refractivity contribution < 1.29 is 4.79 Å². The molecule has 14 heavy (non-hydrogen) atoms. The average molecular weight is 184 g/mol. The molecule has 0 amide bonds. The van der Waals surface area contributed by atoms with Crippen molar-refractivity contribution in [3.05, 3.63) is 11.1 Å². The predicted octanol–water partition coefficient (Wildman–Crippen LogP) is 0.583. The molecular formula is C9H4N4O. The Hall–Kier alpha value is -2.63. The van der Waals surface area contributed by atoms with Crippen LogP contribution in [0.15, 0.2) is 11.1 Å². The predicted molar refractivity (Wildman–Crippen MR) is 43.6 cm³/mol. The molecule has 0 aliphatic rings. The molecule has 0 heterocycles. The summed E-state index contributed by atoms with van der Waals surface area (Å²) in [6, 6.07) is 6.04. The lowest BCUT2D eigenvalue weighted by Gasteiger charge is -2.01. The highest BCUT2D eigenvalue weighted by molar-refractivity contribution is 5.97. The molecule has 0 atom stereocenters. The maximum Gasteiger partial charge on any atom is 0.163 e. The summed E-state index contributed by atoms with van der Waals surface area (Å²) in [6.45, 7) is 1.10. The van der Waals surface area contributed by atoms with E-state index in [1.54, 1.807) is 12.1 Å². The molecule has 5 heteroatoms. The standard InChI is InChI=1S/C9H4N4O/c1-6(14)9(7(2-10)3-11)8(4-12)5-13/h7H,1H3. The fraction of sp³-hybridized carbons (Fsp3) is 0.222. The largest absolute Gasteiger partial charge is 0.295 e. The summed E-state index contributed by atoms with van der Waals surface area (Å²) < 4.78 is 0. The Bertz CT molecular complexity index is 417. The van der Waals surface area contributed by atoms with Crippen molar-refractivity contribution in [1.82, 2.24) is 0 Å². The molecule has 0 aromatic rings. The summed E-state index contributed by atoms with van der Waals surface area (Å²) >= 11 is 0. The minimum atomic E-state index is -1.36. The van der Waals surface area contributed by atoms with Crippen molar-refractivity contribution in [2.24, 2.45) is 5.92 Å². The highest BCUT2D eigenvalue weighted by Crippen LogP contribution is 2.15. The van der Waals surface area contributed by atoms with Gasteiger partial charge in [0.2, 0.25) is 0 Å². The molecule has 0 aliphatic heterocycles. The Morgan fingerprint density at radius 3 is 1.71 bits per heavy atom. The van der Waals surface area contributed by atoms with E-state index in [0.29, 0.717) is 0 Å². The molecule has 66 valence electrons. The van der Waals surface area contributed by atoms with Crippen LogP contribution in [0, 0.1) is 51.2 Å². The number of carbonyl (C=O) groups excluding carboxylic acids is 1. The Balaban J connectivity index is 5.67. The van der Waals surface area contributed by atoms with Gasteiger partial charge in [0, 0.05) is 0 Å². The number of ketones is 1. The van der Waals surface area contributed by atoms with Gasteiger partial charge in [-0.25, -0.2) is 0 Å². The van der Waals surface area contributed by atoms with Crippen LogP contribution in [0.25, 0.3) is 0 Å². The van der Waals surface area contributed by atoms with Crippen molar-refractivity contribution in [2.75, 3.05) is 0 Å². The van der Waals surface area contributed by atoms with Gasteiger partial charge in [-0.1, -0.05) is 0 Å². The fourth-order valence-electron chi connectivity index (χ4n) is 0.827. The summed E-state index contributed by atoms with van der Waals surface area (Å²) in [5.41, 5.74) is -0.814. The highest BCUT2D eigenvalue weighted by Gasteiger charge is 2.22. The smallest absolute Gasteiger partial charge is 0.163 e. The van der Waals surface area contributed by atoms with E-state index in [1.165, 1.54) is 12.1 Å². The number of rotatable bonds is 2. The van der Waals surface area contributed by atoms with E-state index in [1.807, 2.05) is 0 Å². The van der Waals surface area contributed by atoms with Crippen LogP contribution in [-0.2, 0) is 4.79 Å². The average Bonchev–Trinajstić information content (AvgIpc) is 2.18. The Morgan fingerprint density at radius 1 is 1.07 bits per heavy atom. The van der Waals surface area contributed by atoms with Gasteiger partial charge in [0.15, 0.2) is 11.7 Å². The van der Waals surface area contributed by atoms with E-state index in [9.17, 15) is 4.79 Å². The summed E-state index contributed by atoms with van der Waals surface area (Å²) in [7, 11) is 0. The maximum atomic E-state index is 11.0. The van der Waals surface area contributed by atoms with Crippen LogP contribution in [0.1, 0.15) is 6.92 Å². The van der Waals surface area contributed by atoms with E-state index in [-0.39, 0.29) is 5.57 Å². The minimum absolute atomic E-state index is 0.333. The molecule has 0 radical (unpaired) electrons. The van der Waals surface area contributed by atoms with Crippen LogP contribution < -0.4 is 0 Å². The summed E-state index contributed by atoms with van der Waals surface area (Å²) in [6.07, 6.45) is 0. The Kier molecular flexibility index (Phi) is 4.14. The third-order valence-corrected chi connectivity index (χ3v) is 1.42. The van der Waals surface area contributed by atoms with Crippen molar-refractivity contribution in [3.8, 4) is 24.3 Å². The zero-order valence-corrected chi connectivity index (χ0v) is 7.27. The van der Waals surface area contributed by atoms with Gasteiger partial charge in [-0.05, 0) is 6.92 Å². The number of carbonyl (C=O) groups is 1. The van der Waals surface area contributed by atoms with Crippen molar-refractivity contribution in [3.63, 3.8) is 0 Å². The van der Waals surface area contributed by atoms with Crippen molar-refractivity contribution in [2.45, 2.75) is 6.92 Å². The molecule has 0 N–H and O–H groups in total. The molecule has 5 nitrogen and oxygen atoms in total. The molecule has 0 rings (SSSR count). The van der Waals surface area contributed by atoms with E-state index in [2.05, 4.69) is 0 Å². The zero-order valence-electron chi connectivity index (χ0n) is 7.27. The second kappa shape index (κ2) is 5.09. The monoisotopic (exact) mass is 184 g/mol. The number of hydrogen-bond acceptors (Lipinski definition) is 5. The molecule has 0 spiro atoms. The van der Waals surface area contributed by atoms with E-state index in [4.69, 9.17) is 21.0 Å². The molecule has 0 saturated carbocycles. The number of nitrogens with zero attached hydrogens (tertiary/aromatic N) is 4. The lowest BCUT2D eigenvalue weighted by atomic mass is 9.94. The van der Waals surface area contributed by atoms with Gasteiger partial charge in [0.1, 0.15) is 17.7 Å². The van der Waals surface area contributed by atoms with Gasteiger partial charge in [-0.2, -0.15) is 21.0 Å². The highest BCUT2D eigenvalue weighted by atomic mass is 16.1. The Morgan fingerprint density at radius 2 is 1.50 bits per heavy atom. The number of allylic oxidation sites excluding steroid dienone is 2.